The quantitative estimate of drug-likeness (QED) is 0.867. The van der Waals surface area contributed by atoms with Crippen molar-refractivity contribution < 1.29 is 13.2 Å². The van der Waals surface area contributed by atoms with E-state index in [0.717, 1.165) is 22.5 Å². The second-order valence-electron chi connectivity index (χ2n) is 7.09. The molecule has 1 aliphatic rings. The van der Waals surface area contributed by atoms with E-state index >= 15 is 0 Å². The fourth-order valence-corrected chi connectivity index (χ4v) is 5.10. The van der Waals surface area contributed by atoms with Crippen molar-refractivity contribution in [2.24, 2.45) is 0 Å². The fourth-order valence-electron chi connectivity index (χ4n) is 3.41. The van der Waals surface area contributed by atoms with Gasteiger partial charge in [0.15, 0.2) is 9.84 Å². The summed E-state index contributed by atoms with van der Waals surface area (Å²) in [5.74, 6) is 0.284. The summed E-state index contributed by atoms with van der Waals surface area (Å²) in [6.45, 7) is 6.30. The lowest BCUT2D eigenvalue weighted by molar-refractivity contribution is -0.120. The highest BCUT2D eigenvalue weighted by molar-refractivity contribution is 7.91. The van der Waals surface area contributed by atoms with Crippen molar-refractivity contribution in [3.8, 4) is 0 Å². The van der Waals surface area contributed by atoms with E-state index in [1.165, 1.54) is 5.56 Å². The summed E-state index contributed by atoms with van der Waals surface area (Å²) < 4.78 is 25.3. The van der Waals surface area contributed by atoms with E-state index in [0.29, 0.717) is 13.0 Å². The van der Waals surface area contributed by atoms with Crippen LogP contribution in [0.4, 0.5) is 0 Å². The number of carbonyl (C=O) groups is 1. The molecular weight excluding hydrogens is 350 g/mol. The van der Waals surface area contributed by atoms with Gasteiger partial charge in [0.1, 0.15) is 0 Å². The number of amides is 1. The average molecular weight is 375 g/mol. The Labute approximate surface area is 154 Å². The molecule has 1 aromatic carbocycles. The summed E-state index contributed by atoms with van der Waals surface area (Å²) in [7, 11) is -2.97. The zero-order valence-corrected chi connectivity index (χ0v) is 16.3. The molecule has 1 aliphatic heterocycles. The predicted octanol–water partition coefficient (Wildman–Crippen LogP) is 2.03. The Balaban J connectivity index is 1.66. The van der Waals surface area contributed by atoms with Gasteiger partial charge in [0.05, 0.1) is 29.7 Å². The number of nitrogens with one attached hydrogen (secondary N) is 1. The van der Waals surface area contributed by atoms with Crippen LogP contribution in [0.15, 0.2) is 24.3 Å². The van der Waals surface area contributed by atoms with Crippen LogP contribution in [0, 0.1) is 20.8 Å². The third-order valence-corrected chi connectivity index (χ3v) is 6.73. The largest absolute Gasteiger partial charge is 0.352 e. The number of aryl methyl sites for hydroxylation is 2. The molecule has 0 aliphatic carbocycles. The van der Waals surface area contributed by atoms with E-state index in [9.17, 15) is 13.2 Å². The van der Waals surface area contributed by atoms with Gasteiger partial charge in [-0.15, -0.1) is 0 Å². The van der Waals surface area contributed by atoms with E-state index in [2.05, 4.69) is 10.4 Å². The topological polar surface area (TPSA) is 81.1 Å². The number of hydrogen-bond acceptors (Lipinski definition) is 4. The zero-order chi connectivity index (χ0) is 18.9. The molecule has 3 rings (SSSR count). The van der Waals surface area contributed by atoms with Gasteiger partial charge >= 0.3 is 0 Å². The summed E-state index contributed by atoms with van der Waals surface area (Å²) in [4.78, 5) is 12.3. The number of aromatic nitrogens is 2. The second kappa shape index (κ2) is 7.23. The van der Waals surface area contributed by atoms with Crippen molar-refractivity contribution in [3.05, 3.63) is 52.3 Å². The van der Waals surface area contributed by atoms with Gasteiger partial charge in [-0.2, -0.15) is 5.10 Å². The Kier molecular flexibility index (Phi) is 5.18. The number of sulfone groups is 1. The van der Waals surface area contributed by atoms with Gasteiger partial charge in [-0.25, -0.2) is 8.42 Å². The Morgan fingerprint density at radius 2 is 1.92 bits per heavy atom. The highest BCUT2D eigenvalue weighted by atomic mass is 32.2. The minimum atomic E-state index is -2.97. The Bertz CT molecular complexity index is 914. The fraction of sp³-hybridized carbons (Fsp3) is 0.474. The number of carbonyl (C=O) groups excluding carboxylic acids is 1. The van der Waals surface area contributed by atoms with E-state index in [1.807, 2.05) is 45.0 Å². The molecule has 26 heavy (non-hydrogen) atoms. The zero-order valence-electron chi connectivity index (χ0n) is 15.4. The van der Waals surface area contributed by atoms with Crippen LogP contribution in [0.25, 0.3) is 0 Å². The van der Waals surface area contributed by atoms with E-state index in [1.54, 1.807) is 4.68 Å². The smallest absolute Gasteiger partial charge is 0.224 e. The Hall–Kier alpha value is -2.15. The molecule has 2 heterocycles. The van der Waals surface area contributed by atoms with E-state index in [4.69, 9.17) is 0 Å². The van der Waals surface area contributed by atoms with Gasteiger partial charge in [-0.1, -0.05) is 29.8 Å². The van der Waals surface area contributed by atoms with Crippen molar-refractivity contribution >= 4 is 15.7 Å². The Morgan fingerprint density at radius 3 is 2.54 bits per heavy atom. The minimum Gasteiger partial charge on any atom is -0.352 e. The van der Waals surface area contributed by atoms with Gasteiger partial charge in [-0.3, -0.25) is 9.48 Å². The molecule has 7 heteroatoms. The first kappa shape index (κ1) is 18.6. The molecule has 6 nitrogen and oxygen atoms in total. The third-order valence-electron chi connectivity index (χ3n) is 4.98. The highest BCUT2D eigenvalue weighted by Gasteiger charge is 2.31. The van der Waals surface area contributed by atoms with Crippen molar-refractivity contribution in [3.63, 3.8) is 0 Å². The number of rotatable bonds is 5. The maximum atomic E-state index is 12.3. The number of hydrogen-bond donors (Lipinski definition) is 1. The van der Waals surface area contributed by atoms with E-state index < -0.39 is 9.84 Å². The summed E-state index contributed by atoms with van der Waals surface area (Å²) in [5.41, 5.74) is 4.81. The Morgan fingerprint density at radius 1 is 1.23 bits per heavy atom. The number of nitrogens with zero attached hydrogens (tertiary/aromatic N) is 2. The normalized spacial score (nSPS) is 18.8. The molecule has 1 N–H and O–H groups in total. The van der Waals surface area contributed by atoms with Crippen LogP contribution in [0.5, 0.6) is 0 Å². The molecule has 1 fully saturated rings. The minimum absolute atomic E-state index is 0.0598. The van der Waals surface area contributed by atoms with Crippen LogP contribution in [-0.2, 0) is 27.6 Å². The second-order valence-corrected chi connectivity index (χ2v) is 9.32. The SMILES string of the molecule is Cc1ccc(CNC(=O)Cc2c(C)nn(C3CCS(=O)(=O)C3)c2C)cc1. The lowest BCUT2D eigenvalue weighted by atomic mass is 10.1. The van der Waals surface area contributed by atoms with Gasteiger partial charge < -0.3 is 5.32 Å². The van der Waals surface area contributed by atoms with Crippen LogP contribution in [-0.4, -0.2) is 35.6 Å². The van der Waals surface area contributed by atoms with Crippen molar-refractivity contribution in [1.29, 1.82) is 0 Å². The summed E-state index contributed by atoms with van der Waals surface area (Å²) in [6.07, 6.45) is 0.840. The molecule has 0 bridgehead atoms. The molecule has 0 spiro atoms. The van der Waals surface area contributed by atoms with Crippen LogP contribution < -0.4 is 5.32 Å². The molecular formula is C19H25N3O3S. The molecule has 2 aromatic rings. The predicted molar refractivity (Wildman–Crippen MR) is 101 cm³/mol. The molecule has 0 saturated carbocycles. The lowest BCUT2D eigenvalue weighted by Crippen LogP contribution is -2.25. The molecule has 1 atom stereocenters. The van der Waals surface area contributed by atoms with Gasteiger partial charge in [-0.05, 0) is 32.8 Å². The number of benzene rings is 1. The monoisotopic (exact) mass is 375 g/mol. The lowest BCUT2D eigenvalue weighted by Gasteiger charge is -2.11. The third kappa shape index (κ3) is 4.15. The summed E-state index contributed by atoms with van der Waals surface area (Å²) >= 11 is 0. The van der Waals surface area contributed by atoms with Gasteiger partial charge in [0.2, 0.25) is 5.91 Å². The molecule has 1 unspecified atom stereocenters. The van der Waals surface area contributed by atoms with E-state index in [-0.39, 0.29) is 29.9 Å². The first-order valence-corrected chi connectivity index (χ1v) is 10.6. The van der Waals surface area contributed by atoms with Crippen LogP contribution in [0.2, 0.25) is 0 Å². The van der Waals surface area contributed by atoms with Crippen molar-refractivity contribution in [2.45, 2.75) is 46.2 Å². The maximum absolute atomic E-state index is 12.3. The molecule has 1 amide bonds. The van der Waals surface area contributed by atoms with Gasteiger partial charge in [0, 0.05) is 17.8 Å². The maximum Gasteiger partial charge on any atom is 0.224 e. The van der Waals surface area contributed by atoms with Crippen LogP contribution in [0.1, 0.15) is 40.5 Å². The standard InChI is InChI=1S/C19H25N3O3S/c1-13-4-6-16(7-5-13)11-20-19(23)10-18-14(2)21-22(15(18)3)17-8-9-26(24,25)12-17/h4-7,17H,8-12H2,1-3H3,(H,20,23). The first-order chi connectivity index (χ1) is 12.2. The summed E-state index contributed by atoms with van der Waals surface area (Å²) in [5, 5.41) is 7.45. The summed E-state index contributed by atoms with van der Waals surface area (Å²) in [6, 6.07) is 7.93. The molecule has 1 saturated heterocycles. The van der Waals surface area contributed by atoms with Gasteiger partial charge in [0.25, 0.3) is 0 Å². The highest BCUT2D eigenvalue weighted by Crippen LogP contribution is 2.27. The molecule has 1 aromatic heterocycles. The van der Waals surface area contributed by atoms with Crippen molar-refractivity contribution in [2.75, 3.05) is 11.5 Å². The first-order valence-electron chi connectivity index (χ1n) is 8.82. The van der Waals surface area contributed by atoms with Crippen molar-refractivity contribution in [1.82, 2.24) is 15.1 Å². The molecule has 140 valence electrons. The average Bonchev–Trinajstić information content (AvgIpc) is 3.08. The van der Waals surface area contributed by atoms with Crippen LogP contribution >= 0.6 is 0 Å². The molecule has 0 radical (unpaired) electrons. The van der Waals surface area contributed by atoms with Crippen LogP contribution in [0.3, 0.4) is 0 Å².